The van der Waals surface area contributed by atoms with Crippen molar-refractivity contribution in [2.24, 2.45) is 0 Å². The van der Waals surface area contributed by atoms with E-state index in [1.54, 1.807) is 11.9 Å². The van der Waals surface area contributed by atoms with Gasteiger partial charge in [-0.2, -0.15) is 0 Å². The van der Waals surface area contributed by atoms with Crippen LogP contribution < -0.4 is 0 Å². The number of amides is 1. The number of aryl methyl sites for hydroxylation is 2. The van der Waals surface area contributed by atoms with Crippen molar-refractivity contribution in [1.29, 1.82) is 0 Å². The zero-order valence-electron chi connectivity index (χ0n) is 17.1. The number of methoxy groups -OCH3 is 1. The minimum absolute atomic E-state index is 0.0905. The molecule has 1 heterocycles. The molecule has 150 valence electrons. The maximum absolute atomic E-state index is 13.1. The normalized spacial score (nSPS) is 17.0. The second kappa shape index (κ2) is 8.59. The Bertz CT molecular complexity index is 689. The molecule has 0 bridgehead atoms. The van der Waals surface area contributed by atoms with E-state index in [-0.39, 0.29) is 18.3 Å². The number of rotatable bonds is 5. The lowest BCUT2D eigenvalue weighted by atomic mass is 9.85. The first-order chi connectivity index (χ1) is 12.6. The first kappa shape index (κ1) is 21.7. The molecule has 0 N–H and O–H groups in total. The summed E-state index contributed by atoms with van der Waals surface area (Å²) in [4.78, 5) is 27.4. The van der Waals surface area contributed by atoms with E-state index in [2.05, 4.69) is 5.01 Å². The summed E-state index contributed by atoms with van der Waals surface area (Å²) < 4.78 is 5.09. The Morgan fingerprint density at radius 1 is 1.15 bits per heavy atom. The molecule has 0 aliphatic carbocycles. The number of halogens is 1. The molecular weight excluding hydrogens is 366 g/mol. The van der Waals surface area contributed by atoms with Gasteiger partial charge >= 0.3 is 5.97 Å². The minimum atomic E-state index is -0.924. The van der Waals surface area contributed by atoms with Gasteiger partial charge in [0.25, 0.3) is 0 Å². The zero-order chi connectivity index (χ0) is 20.4. The number of hydrogen-bond donors (Lipinski definition) is 0. The summed E-state index contributed by atoms with van der Waals surface area (Å²) >= 11 is 6.10. The zero-order valence-corrected chi connectivity index (χ0v) is 17.9. The average molecular weight is 396 g/mol. The van der Waals surface area contributed by atoms with Crippen molar-refractivity contribution in [3.63, 3.8) is 0 Å². The van der Waals surface area contributed by atoms with Crippen LogP contribution in [-0.2, 0) is 20.7 Å². The number of piperidine rings is 1. The molecule has 0 spiro atoms. The number of hydrazine groups is 1. The molecule has 0 radical (unpaired) electrons. The van der Waals surface area contributed by atoms with Gasteiger partial charge in [-0.1, -0.05) is 11.6 Å². The Labute approximate surface area is 167 Å². The van der Waals surface area contributed by atoms with E-state index in [9.17, 15) is 9.59 Å². The van der Waals surface area contributed by atoms with Crippen molar-refractivity contribution in [2.75, 3.05) is 41.3 Å². The fourth-order valence-electron chi connectivity index (χ4n) is 3.86. The topological polar surface area (TPSA) is 53.1 Å². The third-order valence-corrected chi connectivity index (χ3v) is 5.92. The standard InChI is InChI=1S/C20H30ClN3O3/c1-14-11-16(21)12-15(2)17(14)13-18(25)23(5)20(19(26)27-6)7-9-24(10-8-20)22(3)4/h11-12H,7-10,13H2,1-6H3. The number of benzene rings is 1. The van der Waals surface area contributed by atoms with Gasteiger partial charge in [0.2, 0.25) is 5.91 Å². The summed E-state index contributed by atoms with van der Waals surface area (Å²) in [5, 5.41) is 4.84. The van der Waals surface area contributed by atoms with Gasteiger partial charge in [-0.15, -0.1) is 0 Å². The molecule has 0 atom stereocenters. The largest absolute Gasteiger partial charge is 0.467 e. The lowest BCUT2D eigenvalue weighted by Crippen LogP contribution is -2.62. The fraction of sp³-hybridized carbons (Fsp3) is 0.600. The third-order valence-electron chi connectivity index (χ3n) is 5.70. The molecule has 6 nitrogen and oxygen atoms in total. The Morgan fingerprint density at radius 2 is 1.67 bits per heavy atom. The highest BCUT2D eigenvalue weighted by Crippen LogP contribution is 2.31. The fourth-order valence-corrected chi connectivity index (χ4v) is 4.19. The van der Waals surface area contributed by atoms with Gasteiger partial charge in [-0.25, -0.2) is 14.8 Å². The average Bonchev–Trinajstić information content (AvgIpc) is 2.63. The van der Waals surface area contributed by atoms with Crippen molar-refractivity contribution >= 4 is 23.5 Å². The van der Waals surface area contributed by atoms with E-state index < -0.39 is 5.54 Å². The van der Waals surface area contributed by atoms with Crippen LogP contribution in [0, 0.1) is 13.8 Å². The number of carbonyl (C=O) groups is 2. The van der Waals surface area contributed by atoms with Crippen LogP contribution in [-0.4, -0.2) is 73.7 Å². The summed E-state index contributed by atoms with van der Waals surface area (Å²) in [6.07, 6.45) is 1.32. The van der Waals surface area contributed by atoms with Crippen LogP contribution in [0.1, 0.15) is 29.5 Å². The van der Waals surface area contributed by atoms with E-state index >= 15 is 0 Å². The third kappa shape index (κ3) is 4.45. The maximum Gasteiger partial charge on any atom is 0.331 e. The number of nitrogens with zero attached hydrogens (tertiary/aromatic N) is 3. The Balaban J connectivity index is 2.25. The van der Waals surface area contributed by atoms with Gasteiger partial charge < -0.3 is 9.64 Å². The second-order valence-electron chi connectivity index (χ2n) is 7.47. The Hall–Kier alpha value is -1.63. The first-order valence-electron chi connectivity index (χ1n) is 9.15. The number of likely N-dealkylation sites (N-methyl/N-ethyl adjacent to an activating group) is 1. The van der Waals surface area contributed by atoms with Crippen LogP contribution in [0.2, 0.25) is 5.02 Å². The number of carbonyl (C=O) groups excluding carboxylic acids is 2. The van der Waals surface area contributed by atoms with E-state index in [4.69, 9.17) is 16.3 Å². The van der Waals surface area contributed by atoms with Crippen molar-refractivity contribution in [1.82, 2.24) is 14.9 Å². The molecule has 1 saturated heterocycles. The van der Waals surface area contributed by atoms with Gasteiger partial charge in [-0.05, 0) is 55.5 Å². The van der Waals surface area contributed by atoms with Crippen LogP contribution in [0.25, 0.3) is 0 Å². The lowest BCUT2D eigenvalue weighted by Gasteiger charge is -2.46. The molecule has 1 aromatic carbocycles. The number of esters is 1. The molecular formula is C20H30ClN3O3. The maximum atomic E-state index is 13.1. The van der Waals surface area contributed by atoms with Crippen molar-refractivity contribution in [3.05, 3.63) is 33.8 Å². The smallest absolute Gasteiger partial charge is 0.331 e. The molecule has 0 unspecified atom stereocenters. The molecule has 1 fully saturated rings. The molecule has 27 heavy (non-hydrogen) atoms. The Morgan fingerprint density at radius 3 is 2.11 bits per heavy atom. The highest BCUT2D eigenvalue weighted by Gasteiger charge is 2.48. The van der Waals surface area contributed by atoms with Crippen LogP contribution in [0.5, 0.6) is 0 Å². The van der Waals surface area contributed by atoms with Crippen molar-refractivity contribution in [3.8, 4) is 0 Å². The van der Waals surface area contributed by atoms with E-state index in [1.807, 2.05) is 45.1 Å². The van der Waals surface area contributed by atoms with Gasteiger partial charge in [-0.3, -0.25) is 4.79 Å². The van der Waals surface area contributed by atoms with Crippen LogP contribution in [0.15, 0.2) is 12.1 Å². The summed E-state index contributed by atoms with van der Waals surface area (Å²) in [5.74, 6) is -0.437. The highest BCUT2D eigenvalue weighted by molar-refractivity contribution is 6.30. The lowest BCUT2D eigenvalue weighted by molar-refractivity contribution is -0.167. The predicted octanol–water partition coefficient (Wildman–Crippen LogP) is 2.44. The summed E-state index contributed by atoms with van der Waals surface area (Å²) in [7, 11) is 7.05. The molecule has 7 heteroatoms. The molecule has 1 aliphatic rings. The molecule has 0 aromatic heterocycles. The molecule has 0 saturated carbocycles. The van der Waals surface area contributed by atoms with Crippen LogP contribution >= 0.6 is 11.6 Å². The minimum Gasteiger partial charge on any atom is -0.467 e. The summed E-state index contributed by atoms with van der Waals surface area (Å²) in [5.41, 5.74) is 2.00. The molecule has 2 rings (SSSR count). The van der Waals surface area contributed by atoms with Gasteiger partial charge in [0, 0.05) is 39.3 Å². The monoisotopic (exact) mass is 395 g/mol. The van der Waals surface area contributed by atoms with Gasteiger partial charge in [0.05, 0.1) is 13.5 Å². The molecule has 1 aromatic rings. The van der Waals surface area contributed by atoms with Crippen LogP contribution in [0.3, 0.4) is 0 Å². The van der Waals surface area contributed by atoms with Crippen molar-refractivity contribution < 1.29 is 14.3 Å². The summed E-state index contributed by atoms with van der Waals surface area (Å²) in [6, 6.07) is 3.73. The highest BCUT2D eigenvalue weighted by atomic mass is 35.5. The van der Waals surface area contributed by atoms with Crippen LogP contribution in [0.4, 0.5) is 0 Å². The predicted molar refractivity (Wildman–Crippen MR) is 107 cm³/mol. The van der Waals surface area contributed by atoms with E-state index in [0.717, 1.165) is 16.7 Å². The number of hydrogen-bond acceptors (Lipinski definition) is 5. The number of ether oxygens (including phenoxy) is 1. The first-order valence-corrected chi connectivity index (χ1v) is 9.53. The molecule has 1 aliphatic heterocycles. The second-order valence-corrected chi connectivity index (χ2v) is 7.91. The SMILES string of the molecule is COC(=O)C1(N(C)C(=O)Cc2c(C)cc(Cl)cc2C)CCN(N(C)C)CC1. The van der Waals surface area contributed by atoms with E-state index in [0.29, 0.717) is 31.0 Å². The van der Waals surface area contributed by atoms with E-state index in [1.165, 1.54) is 7.11 Å². The van der Waals surface area contributed by atoms with Crippen molar-refractivity contribution in [2.45, 2.75) is 38.6 Å². The summed E-state index contributed by atoms with van der Waals surface area (Å²) in [6.45, 7) is 5.29. The van der Waals surface area contributed by atoms with Gasteiger partial charge in [0.1, 0.15) is 5.54 Å². The van der Waals surface area contributed by atoms with Gasteiger partial charge in [0.15, 0.2) is 0 Å². The quantitative estimate of drug-likeness (QED) is 0.717. The Kier molecular flexibility index (Phi) is 6.89. The molecule has 1 amide bonds.